The number of benzene rings is 2. The molecule has 0 saturated carbocycles. The second-order valence-corrected chi connectivity index (χ2v) is 7.04. The molecule has 1 N–H and O–H groups in total. The van der Waals surface area contributed by atoms with Crippen molar-refractivity contribution in [2.45, 2.75) is 19.1 Å². The Balaban J connectivity index is 1.57. The number of hydrogen-bond acceptors (Lipinski definition) is 5. The van der Waals surface area contributed by atoms with Crippen molar-refractivity contribution in [1.29, 1.82) is 0 Å². The number of ether oxygens (including phenoxy) is 2. The summed E-state index contributed by atoms with van der Waals surface area (Å²) in [5, 5.41) is 6.94. The van der Waals surface area contributed by atoms with E-state index in [0.717, 1.165) is 15.6 Å². The van der Waals surface area contributed by atoms with Crippen LogP contribution in [0.3, 0.4) is 0 Å². The van der Waals surface area contributed by atoms with E-state index in [1.165, 1.54) is 6.33 Å². The lowest BCUT2D eigenvalue weighted by atomic mass is 10.0. The zero-order valence-corrected chi connectivity index (χ0v) is 16.1. The highest BCUT2D eigenvalue weighted by atomic mass is 79.9. The molecule has 1 aliphatic rings. The van der Waals surface area contributed by atoms with Crippen molar-refractivity contribution in [2.24, 2.45) is 0 Å². The minimum absolute atomic E-state index is 0.0879. The number of nitrogens with one attached hydrogen (secondary N) is 1. The van der Waals surface area contributed by atoms with E-state index >= 15 is 0 Å². The van der Waals surface area contributed by atoms with Gasteiger partial charge >= 0.3 is 0 Å². The van der Waals surface area contributed by atoms with Crippen LogP contribution in [0.4, 0.5) is 5.95 Å². The molecule has 138 valence electrons. The first-order chi connectivity index (χ1) is 13.1. The van der Waals surface area contributed by atoms with Crippen LogP contribution >= 0.6 is 15.9 Å². The summed E-state index contributed by atoms with van der Waals surface area (Å²) in [6.07, 6.45) is 1.72. The highest BCUT2D eigenvalue weighted by Crippen LogP contribution is 2.35. The Morgan fingerprint density at radius 1 is 1.22 bits per heavy atom. The molecule has 0 aliphatic carbocycles. The Hall–Kier alpha value is -2.87. The van der Waals surface area contributed by atoms with E-state index < -0.39 is 0 Å². The number of fused-ring (bicyclic) bond motifs is 1. The van der Waals surface area contributed by atoms with Gasteiger partial charge in [0.05, 0.1) is 19.6 Å². The van der Waals surface area contributed by atoms with E-state index in [1.54, 1.807) is 11.8 Å². The van der Waals surface area contributed by atoms with Gasteiger partial charge in [-0.2, -0.15) is 10.1 Å². The third-order valence-electron chi connectivity index (χ3n) is 4.38. The molecule has 0 fully saturated rings. The summed E-state index contributed by atoms with van der Waals surface area (Å²) in [7, 11) is 1.60. The quantitative estimate of drug-likeness (QED) is 0.671. The maximum Gasteiger partial charge on any atom is 0.229 e. The lowest BCUT2D eigenvalue weighted by molar-refractivity contribution is -0.117. The number of hydrogen-bond donors (Lipinski definition) is 1. The van der Waals surface area contributed by atoms with Crippen LogP contribution in [0.15, 0.2) is 53.3 Å². The van der Waals surface area contributed by atoms with E-state index in [2.05, 4.69) is 31.3 Å². The lowest BCUT2D eigenvalue weighted by Crippen LogP contribution is -2.29. The smallest absolute Gasteiger partial charge is 0.229 e. The standard InChI is InChI=1S/C19H17BrN4O3/c1-26-17-8-13(15-9-18(25)23-19-21-11-22-24(15)19)4-7-16(17)27-10-12-2-5-14(20)6-3-12/h2-8,11,15H,9-10H2,1H3,(H,21,22,23,25)/t15-/m0/s1. The highest BCUT2D eigenvalue weighted by molar-refractivity contribution is 9.10. The van der Waals surface area contributed by atoms with Crippen molar-refractivity contribution < 1.29 is 14.3 Å². The van der Waals surface area contributed by atoms with Crippen molar-refractivity contribution in [3.8, 4) is 11.5 Å². The number of amides is 1. The van der Waals surface area contributed by atoms with Crippen LogP contribution in [0.2, 0.25) is 0 Å². The molecule has 27 heavy (non-hydrogen) atoms. The predicted octanol–water partition coefficient (Wildman–Crippen LogP) is 3.56. The number of carbonyl (C=O) groups excluding carboxylic acids is 1. The summed E-state index contributed by atoms with van der Waals surface area (Å²) in [5.41, 5.74) is 1.96. The first kappa shape index (κ1) is 17.5. The van der Waals surface area contributed by atoms with Crippen LogP contribution in [0, 0.1) is 0 Å². The number of carbonyl (C=O) groups is 1. The molecule has 0 radical (unpaired) electrons. The summed E-state index contributed by atoms with van der Waals surface area (Å²) in [6, 6.07) is 13.4. The van der Waals surface area contributed by atoms with Gasteiger partial charge in [0.15, 0.2) is 11.5 Å². The number of rotatable bonds is 5. The zero-order chi connectivity index (χ0) is 18.8. The first-order valence-electron chi connectivity index (χ1n) is 8.38. The monoisotopic (exact) mass is 428 g/mol. The molecule has 0 unspecified atom stereocenters. The Bertz CT molecular complexity index is 971. The topological polar surface area (TPSA) is 78.3 Å². The fraction of sp³-hybridized carbons (Fsp3) is 0.211. The van der Waals surface area contributed by atoms with Crippen molar-refractivity contribution >= 4 is 27.8 Å². The van der Waals surface area contributed by atoms with Crippen LogP contribution in [0.5, 0.6) is 11.5 Å². The van der Waals surface area contributed by atoms with E-state index in [4.69, 9.17) is 9.47 Å². The molecule has 1 aliphatic heterocycles. The molecule has 2 aromatic carbocycles. The van der Waals surface area contributed by atoms with Gasteiger partial charge in [-0.3, -0.25) is 10.1 Å². The van der Waals surface area contributed by atoms with Crippen LogP contribution in [0.25, 0.3) is 0 Å². The van der Waals surface area contributed by atoms with Crippen LogP contribution in [0.1, 0.15) is 23.6 Å². The lowest BCUT2D eigenvalue weighted by Gasteiger charge is -2.24. The summed E-state index contributed by atoms with van der Waals surface area (Å²) >= 11 is 3.42. The molecule has 3 aromatic rings. The third-order valence-corrected chi connectivity index (χ3v) is 4.91. The van der Waals surface area contributed by atoms with E-state index in [-0.39, 0.29) is 11.9 Å². The number of nitrogens with zero attached hydrogens (tertiary/aromatic N) is 3. The minimum Gasteiger partial charge on any atom is -0.493 e. The van der Waals surface area contributed by atoms with Crippen LogP contribution in [-0.2, 0) is 11.4 Å². The molecule has 2 heterocycles. The summed E-state index contributed by atoms with van der Waals surface area (Å²) < 4.78 is 14.2. The van der Waals surface area contributed by atoms with E-state index in [1.807, 2.05) is 42.5 Å². The maximum atomic E-state index is 12.0. The number of anilines is 1. The minimum atomic E-state index is -0.231. The van der Waals surface area contributed by atoms with Crippen LogP contribution < -0.4 is 14.8 Å². The second kappa shape index (κ2) is 7.40. The summed E-state index contributed by atoms with van der Waals surface area (Å²) in [4.78, 5) is 16.0. The Morgan fingerprint density at radius 2 is 2.04 bits per heavy atom. The maximum absolute atomic E-state index is 12.0. The second-order valence-electron chi connectivity index (χ2n) is 6.12. The normalized spacial score (nSPS) is 15.8. The molecule has 1 amide bonds. The summed E-state index contributed by atoms with van der Waals surface area (Å²) in [5.74, 6) is 1.61. The molecule has 1 aromatic heterocycles. The average Bonchev–Trinajstić information content (AvgIpc) is 3.15. The molecule has 8 heteroatoms. The molecule has 0 spiro atoms. The van der Waals surface area contributed by atoms with Gasteiger partial charge < -0.3 is 9.47 Å². The Morgan fingerprint density at radius 3 is 2.81 bits per heavy atom. The average molecular weight is 429 g/mol. The van der Waals surface area contributed by atoms with Gasteiger partial charge in [-0.05, 0) is 35.4 Å². The van der Waals surface area contributed by atoms with Crippen molar-refractivity contribution in [2.75, 3.05) is 12.4 Å². The van der Waals surface area contributed by atoms with E-state index in [9.17, 15) is 4.79 Å². The molecule has 7 nitrogen and oxygen atoms in total. The molecule has 0 saturated heterocycles. The van der Waals surface area contributed by atoms with E-state index in [0.29, 0.717) is 30.5 Å². The van der Waals surface area contributed by atoms with Gasteiger partial charge in [-0.1, -0.05) is 34.1 Å². The van der Waals surface area contributed by atoms with Gasteiger partial charge in [0.2, 0.25) is 11.9 Å². The number of halogens is 1. The third kappa shape index (κ3) is 3.66. The molecular weight excluding hydrogens is 412 g/mol. The Labute approximate surface area is 164 Å². The molecular formula is C19H17BrN4O3. The number of aromatic nitrogens is 3. The summed E-state index contributed by atoms with van der Waals surface area (Å²) in [6.45, 7) is 0.433. The fourth-order valence-corrected chi connectivity index (χ4v) is 3.28. The molecule has 1 atom stereocenters. The van der Waals surface area contributed by atoms with Crippen LogP contribution in [-0.4, -0.2) is 27.8 Å². The predicted molar refractivity (Wildman–Crippen MR) is 103 cm³/mol. The van der Waals surface area contributed by atoms with Crippen molar-refractivity contribution in [3.05, 3.63) is 64.4 Å². The first-order valence-corrected chi connectivity index (χ1v) is 9.18. The van der Waals surface area contributed by atoms with Crippen molar-refractivity contribution in [1.82, 2.24) is 14.8 Å². The fourth-order valence-electron chi connectivity index (χ4n) is 3.02. The Kier molecular flexibility index (Phi) is 4.81. The highest BCUT2D eigenvalue weighted by Gasteiger charge is 2.28. The van der Waals surface area contributed by atoms with Gasteiger partial charge in [-0.25, -0.2) is 4.68 Å². The van der Waals surface area contributed by atoms with Gasteiger partial charge in [0.25, 0.3) is 0 Å². The van der Waals surface area contributed by atoms with Gasteiger partial charge in [-0.15, -0.1) is 0 Å². The number of methoxy groups -OCH3 is 1. The van der Waals surface area contributed by atoms with Gasteiger partial charge in [0.1, 0.15) is 12.9 Å². The molecule has 0 bridgehead atoms. The zero-order valence-electron chi connectivity index (χ0n) is 14.6. The van der Waals surface area contributed by atoms with Gasteiger partial charge in [0, 0.05) is 4.47 Å². The molecule has 4 rings (SSSR count). The SMILES string of the molecule is COc1cc([C@@H]2CC(=O)Nc3ncnn32)ccc1OCc1ccc(Br)cc1. The van der Waals surface area contributed by atoms with Crippen molar-refractivity contribution in [3.63, 3.8) is 0 Å². The largest absolute Gasteiger partial charge is 0.493 e.